The molecule has 0 saturated heterocycles. The van der Waals surface area contributed by atoms with Crippen LogP contribution in [0.25, 0.3) is 0 Å². The van der Waals surface area contributed by atoms with Crippen LogP contribution in [0, 0.1) is 11.3 Å². The molecule has 0 saturated carbocycles. The molecule has 0 spiro atoms. The van der Waals surface area contributed by atoms with Gasteiger partial charge in [-0.2, -0.15) is 5.26 Å². The number of nitrogens with one attached hydrogen (secondary N) is 1. The van der Waals surface area contributed by atoms with E-state index in [1.54, 1.807) is 0 Å². The molecule has 0 unspecified atom stereocenters. The molecule has 1 aromatic carbocycles. The van der Waals surface area contributed by atoms with Gasteiger partial charge in [0.2, 0.25) is 0 Å². The molecule has 0 fully saturated rings. The molecular formula is C14H20N2O3S. The van der Waals surface area contributed by atoms with Gasteiger partial charge in [0.15, 0.2) is 9.84 Å². The summed E-state index contributed by atoms with van der Waals surface area (Å²) < 4.78 is 29.4. The van der Waals surface area contributed by atoms with E-state index in [4.69, 9.17) is 10.00 Å². The quantitative estimate of drug-likeness (QED) is 0.732. The molecule has 0 radical (unpaired) electrons. The first kappa shape index (κ1) is 16.6. The van der Waals surface area contributed by atoms with Gasteiger partial charge in [-0.15, -0.1) is 0 Å². The van der Waals surface area contributed by atoms with E-state index in [-0.39, 0.29) is 16.8 Å². The summed E-state index contributed by atoms with van der Waals surface area (Å²) in [7, 11) is -3.30. The lowest BCUT2D eigenvalue weighted by molar-refractivity contribution is 0.0811. The van der Waals surface area contributed by atoms with Crippen molar-refractivity contribution in [2.75, 3.05) is 25.4 Å². The highest BCUT2D eigenvalue weighted by Gasteiger charge is 2.13. The Labute approximate surface area is 120 Å². The number of nitrogens with zero attached hydrogens (tertiary/aromatic N) is 1. The predicted molar refractivity (Wildman–Crippen MR) is 77.2 cm³/mol. The molecule has 20 heavy (non-hydrogen) atoms. The number of hydrogen-bond acceptors (Lipinski definition) is 5. The van der Waals surface area contributed by atoms with E-state index >= 15 is 0 Å². The average Bonchev–Trinajstić information content (AvgIpc) is 2.42. The number of sulfone groups is 1. The topological polar surface area (TPSA) is 79.2 Å². The fourth-order valence-electron chi connectivity index (χ4n) is 1.55. The Kier molecular flexibility index (Phi) is 6.65. The summed E-state index contributed by atoms with van der Waals surface area (Å²) in [6.45, 7) is 5.48. The number of rotatable bonds is 8. The highest BCUT2D eigenvalue weighted by atomic mass is 32.2. The molecule has 0 atom stereocenters. The van der Waals surface area contributed by atoms with Crippen LogP contribution in [0.2, 0.25) is 0 Å². The van der Waals surface area contributed by atoms with Gasteiger partial charge in [0.05, 0.1) is 35.0 Å². The third-order valence-corrected chi connectivity index (χ3v) is 4.35. The minimum Gasteiger partial charge on any atom is -0.377 e. The lowest BCUT2D eigenvalue weighted by atomic mass is 10.2. The van der Waals surface area contributed by atoms with E-state index < -0.39 is 9.84 Å². The molecule has 5 nitrogen and oxygen atoms in total. The van der Waals surface area contributed by atoms with Gasteiger partial charge in [-0.1, -0.05) is 0 Å². The Bertz CT molecular complexity index is 545. The van der Waals surface area contributed by atoms with Gasteiger partial charge in [0.25, 0.3) is 0 Å². The fraction of sp³-hybridized carbons (Fsp3) is 0.500. The Morgan fingerprint density at radius 1 is 1.25 bits per heavy atom. The summed E-state index contributed by atoms with van der Waals surface area (Å²) in [5.74, 6) is 0.0284. The van der Waals surface area contributed by atoms with Crippen LogP contribution in [-0.4, -0.2) is 40.0 Å². The summed E-state index contributed by atoms with van der Waals surface area (Å²) in [6.07, 6.45) is 0.180. The van der Waals surface area contributed by atoms with E-state index in [0.717, 1.165) is 0 Å². The zero-order valence-corrected chi connectivity index (χ0v) is 12.6. The SMILES string of the molecule is CC(C)OCCNCCS(=O)(=O)c1ccc(C#N)cc1. The maximum absolute atomic E-state index is 12.0. The van der Waals surface area contributed by atoms with Gasteiger partial charge in [-0.05, 0) is 38.1 Å². The van der Waals surface area contributed by atoms with Crippen LogP contribution in [0.5, 0.6) is 0 Å². The monoisotopic (exact) mass is 296 g/mol. The number of benzene rings is 1. The largest absolute Gasteiger partial charge is 0.377 e. The first-order chi connectivity index (χ1) is 9.45. The fourth-order valence-corrected chi connectivity index (χ4v) is 2.75. The smallest absolute Gasteiger partial charge is 0.179 e. The molecule has 0 aliphatic rings. The molecule has 0 amide bonds. The highest BCUT2D eigenvalue weighted by Crippen LogP contribution is 2.11. The number of hydrogen-bond donors (Lipinski definition) is 1. The van der Waals surface area contributed by atoms with E-state index in [1.165, 1.54) is 24.3 Å². The molecular weight excluding hydrogens is 276 g/mol. The van der Waals surface area contributed by atoms with Crippen LogP contribution in [0.1, 0.15) is 19.4 Å². The van der Waals surface area contributed by atoms with E-state index in [1.807, 2.05) is 19.9 Å². The highest BCUT2D eigenvalue weighted by molar-refractivity contribution is 7.91. The second-order valence-corrected chi connectivity index (χ2v) is 6.73. The second kappa shape index (κ2) is 8.00. The zero-order valence-electron chi connectivity index (χ0n) is 11.8. The van der Waals surface area contributed by atoms with Crippen molar-refractivity contribution < 1.29 is 13.2 Å². The Balaban J connectivity index is 2.40. The van der Waals surface area contributed by atoms with Crippen molar-refractivity contribution in [3.63, 3.8) is 0 Å². The van der Waals surface area contributed by atoms with Gasteiger partial charge in [-0.25, -0.2) is 8.42 Å². The van der Waals surface area contributed by atoms with Crippen LogP contribution < -0.4 is 5.32 Å². The normalized spacial score (nSPS) is 11.5. The zero-order chi connectivity index (χ0) is 15.0. The molecule has 0 heterocycles. The molecule has 0 aromatic heterocycles. The van der Waals surface area contributed by atoms with Crippen molar-refractivity contribution in [2.24, 2.45) is 0 Å². The number of nitriles is 1. The third kappa shape index (κ3) is 5.70. The molecule has 0 bridgehead atoms. The Morgan fingerprint density at radius 3 is 2.45 bits per heavy atom. The molecule has 0 aliphatic carbocycles. The minimum absolute atomic E-state index is 0.0284. The third-order valence-electron chi connectivity index (χ3n) is 2.62. The van der Waals surface area contributed by atoms with Gasteiger partial charge >= 0.3 is 0 Å². The first-order valence-corrected chi connectivity index (χ1v) is 8.16. The van der Waals surface area contributed by atoms with Crippen molar-refractivity contribution in [1.82, 2.24) is 5.32 Å². The summed E-state index contributed by atoms with van der Waals surface area (Å²) >= 11 is 0. The maximum Gasteiger partial charge on any atom is 0.179 e. The van der Waals surface area contributed by atoms with E-state index in [9.17, 15) is 8.42 Å². The van der Waals surface area contributed by atoms with Gasteiger partial charge in [-0.3, -0.25) is 0 Å². The van der Waals surface area contributed by atoms with Gasteiger partial charge in [0, 0.05) is 13.1 Å². The standard InChI is InChI=1S/C14H20N2O3S/c1-12(2)19-9-7-16-8-10-20(17,18)14-5-3-13(11-15)4-6-14/h3-6,12,16H,7-10H2,1-2H3. The lowest BCUT2D eigenvalue weighted by Crippen LogP contribution is -2.27. The van der Waals surface area contributed by atoms with Gasteiger partial charge < -0.3 is 10.1 Å². The summed E-state index contributed by atoms with van der Waals surface area (Å²) in [6, 6.07) is 7.92. The van der Waals surface area contributed by atoms with Crippen LogP contribution >= 0.6 is 0 Å². The Morgan fingerprint density at radius 2 is 1.90 bits per heavy atom. The van der Waals surface area contributed by atoms with Crippen molar-refractivity contribution in [1.29, 1.82) is 5.26 Å². The van der Waals surface area contributed by atoms with Crippen LogP contribution in [0.15, 0.2) is 29.2 Å². The lowest BCUT2D eigenvalue weighted by Gasteiger charge is -2.09. The molecule has 1 aromatic rings. The summed E-state index contributed by atoms with van der Waals surface area (Å²) in [4.78, 5) is 0.247. The first-order valence-electron chi connectivity index (χ1n) is 6.51. The van der Waals surface area contributed by atoms with Crippen LogP contribution in [0.4, 0.5) is 0 Å². The average molecular weight is 296 g/mol. The Hall–Kier alpha value is -1.42. The van der Waals surface area contributed by atoms with Crippen molar-refractivity contribution in [2.45, 2.75) is 24.8 Å². The summed E-state index contributed by atoms with van der Waals surface area (Å²) in [5, 5.41) is 11.7. The van der Waals surface area contributed by atoms with Crippen LogP contribution in [0.3, 0.4) is 0 Å². The van der Waals surface area contributed by atoms with E-state index in [2.05, 4.69) is 5.32 Å². The maximum atomic E-state index is 12.0. The molecule has 1 N–H and O–H groups in total. The molecule has 1 rings (SSSR count). The van der Waals surface area contributed by atoms with Crippen molar-refractivity contribution in [3.8, 4) is 6.07 Å². The van der Waals surface area contributed by atoms with Gasteiger partial charge in [0.1, 0.15) is 0 Å². The van der Waals surface area contributed by atoms with E-state index in [0.29, 0.717) is 25.3 Å². The van der Waals surface area contributed by atoms with Crippen molar-refractivity contribution >= 4 is 9.84 Å². The molecule has 0 aliphatic heterocycles. The summed E-state index contributed by atoms with van der Waals surface area (Å²) in [5.41, 5.74) is 0.452. The minimum atomic E-state index is -3.30. The second-order valence-electron chi connectivity index (χ2n) is 4.62. The van der Waals surface area contributed by atoms with Crippen LogP contribution in [-0.2, 0) is 14.6 Å². The van der Waals surface area contributed by atoms with Crippen molar-refractivity contribution in [3.05, 3.63) is 29.8 Å². The molecule has 6 heteroatoms. The molecule has 110 valence electrons. The number of ether oxygens (including phenoxy) is 1. The predicted octanol–water partition coefficient (Wildman–Crippen LogP) is 1.35.